The number of hydrogen-bond acceptors (Lipinski definition) is 5. The van der Waals surface area contributed by atoms with Gasteiger partial charge in [0, 0.05) is 31.6 Å². The van der Waals surface area contributed by atoms with Crippen LogP contribution in [0.15, 0.2) is 94.3 Å². The van der Waals surface area contributed by atoms with Crippen molar-refractivity contribution >= 4 is 35.9 Å². The SMILES string of the molecule is CN(C)c1ccc(/C=C(/NC(=O)c2ccccc2)C(=O)N/N=C\C=C\c2ccco2)cc1. The molecule has 162 valence electrons. The van der Waals surface area contributed by atoms with Gasteiger partial charge in [-0.05, 0) is 60.2 Å². The minimum atomic E-state index is -0.548. The summed E-state index contributed by atoms with van der Waals surface area (Å²) in [6, 6.07) is 19.8. The van der Waals surface area contributed by atoms with Gasteiger partial charge >= 0.3 is 0 Å². The molecule has 7 heteroatoms. The molecule has 0 aliphatic heterocycles. The first-order valence-corrected chi connectivity index (χ1v) is 9.92. The molecule has 0 saturated carbocycles. The van der Waals surface area contributed by atoms with Crippen LogP contribution in [-0.4, -0.2) is 32.1 Å². The Hall–Kier alpha value is -4.39. The summed E-state index contributed by atoms with van der Waals surface area (Å²) in [5.41, 5.74) is 4.73. The maximum absolute atomic E-state index is 12.7. The number of allylic oxidation sites excluding steroid dienone is 1. The van der Waals surface area contributed by atoms with Crippen molar-refractivity contribution in [3.05, 3.63) is 102 Å². The second kappa shape index (κ2) is 11.1. The summed E-state index contributed by atoms with van der Waals surface area (Å²) in [6.07, 6.45) is 7.92. The van der Waals surface area contributed by atoms with Gasteiger partial charge in [-0.1, -0.05) is 30.3 Å². The molecule has 1 aromatic heterocycles. The Kier molecular flexibility index (Phi) is 7.75. The number of benzene rings is 2. The number of amides is 2. The number of hydrazone groups is 1. The van der Waals surface area contributed by atoms with E-state index in [9.17, 15) is 9.59 Å². The van der Waals surface area contributed by atoms with Crippen LogP contribution in [0.3, 0.4) is 0 Å². The number of furan rings is 1. The predicted octanol–water partition coefficient (Wildman–Crippen LogP) is 3.93. The lowest BCUT2D eigenvalue weighted by Gasteiger charge is -2.12. The lowest BCUT2D eigenvalue weighted by Crippen LogP contribution is -2.32. The molecular formula is C25H24N4O3. The molecule has 0 bridgehead atoms. The molecule has 0 aliphatic rings. The number of carbonyl (C=O) groups is 2. The molecule has 0 atom stereocenters. The highest BCUT2D eigenvalue weighted by Gasteiger charge is 2.14. The lowest BCUT2D eigenvalue weighted by molar-refractivity contribution is -0.117. The summed E-state index contributed by atoms with van der Waals surface area (Å²) in [7, 11) is 3.89. The molecule has 7 nitrogen and oxygen atoms in total. The van der Waals surface area contributed by atoms with Crippen molar-refractivity contribution in [1.29, 1.82) is 0 Å². The molecule has 0 radical (unpaired) electrons. The second-order valence-corrected chi connectivity index (χ2v) is 6.96. The Balaban J connectivity index is 1.75. The lowest BCUT2D eigenvalue weighted by atomic mass is 10.1. The minimum absolute atomic E-state index is 0.0728. The highest BCUT2D eigenvalue weighted by atomic mass is 16.3. The van der Waals surface area contributed by atoms with E-state index in [0.717, 1.165) is 11.3 Å². The fraction of sp³-hybridized carbons (Fsp3) is 0.0800. The molecule has 0 saturated heterocycles. The highest BCUT2D eigenvalue weighted by Crippen LogP contribution is 2.14. The second-order valence-electron chi connectivity index (χ2n) is 6.96. The largest absolute Gasteiger partial charge is 0.465 e. The summed E-state index contributed by atoms with van der Waals surface area (Å²) in [5.74, 6) is -0.271. The van der Waals surface area contributed by atoms with Gasteiger partial charge in [-0.3, -0.25) is 9.59 Å². The predicted molar refractivity (Wildman–Crippen MR) is 127 cm³/mol. The zero-order chi connectivity index (χ0) is 22.8. The summed E-state index contributed by atoms with van der Waals surface area (Å²) in [5, 5.41) is 6.57. The van der Waals surface area contributed by atoms with Crippen LogP contribution in [0.25, 0.3) is 12.2 Å². The first-order chi connectivity index (χ1) is 15.5. The van der Waals surface area contributed by atoms with Crippen molar-refractivity contribution in [2.75, 3.05) is 19.0 Å². The zero-order valence-electron chi connectivity index (χ0n) is 17.9. The van der Waals surface area contributed by atoms with Crippen LogP contribution in [0.2, 0.25) is 0 Å². The molecule has 2 amide bonds. The number of anilines is 1. The Morgan fingerprint density at radius 2 is 1.72 bits per heavy atom. The van der Waals surface area contributed by atoms with Crippen molar-refractivity contribution in [1.82, 2.24) is 10.7 Å². The van der Waals surface area contributed by atoms with Crippen LogP contribution in [0.4, 0.5) is 5.69 Å². The number of nitrogens with zero attached hydrogens (tertiary/aromatic N) is 2. The van der Waals surface area contributed by atoms with Gasteiger partial charge in [0.1, 0.15) is 11.5 Å². The van der Waals surface area contributed by atoms with E-state index < -0.39 is 11.8 Å². The summed E-state index contributed by atoms with van der Waals surface area (Å²) >= 11 is 0. The molecule has 2 aromatic carbocycles. The number of hydrogen-bond donors (Lipinski definition) is 2. The van der Waals surface area contributed by atoms with Crippen LogP contribution in [-0.2, 0) is 4.79 Å². The monoisotopic (exact) mass is 428 g/mol. The fourth-order valence-electron chi connectivity index (χ4n) is 2.70. The standard InChI is InChI=1S/C25H24N4O3/c1-29(2)21-14-12-19(13-15-21)18-23(27-24(30)20-8-4-3-5-9-20)25(31)28-26-16-6-10-22-11-7-17-32-22/h3-18H,1-2H3,(H,27,30)(H,28,31)/b10-6+,23-18+,26-16-. The molecule has 0 unspecified atom stereocenters. The van der Waals surface area contributed by atoms with E-state index in [1.165, 1.54) is 6.21 Å². The van der Waals surface area contributed by atoms with E-state index in [1.54, 1.807) is 60.9 Å². The summed E-state index contributed by atoms with van der Waals surface area (Å²) in [6.45, 7) is 0. The van der Waals surface area contributed by atoms with Gasteiger partial charge < -0.3 is 14.6 Å². The van der Waals surface area contributed by atoms with Crippen molar-refractivity contribution in [2.24, 2.45) is 5.10 Å². The molecule has 32 heavy (non-hydrogen) atoms. The molecule has 3 aromatic rings. The van der Waals surface area contributed by atoms with Crippen molar-refractivity contribution < 1.29 is 14.0 Å². The fourth-order valence-corrected chi connectivity index (χ4v) is 2.70. The van der Waals surface area contributed by atoms with Gasteiger partial charge in [0.25, 0.3) is 11.8 Å². The molecule has 0 fully saturated rings. The molecule has 1 heterocycles. The molecule has 3 rings (SSSR count). The topological polar surface area (TPSA) is 86.9 Å². The van der Waals surface area contributed by atoms with Crippen LogP contribution >= 0.6 is 0 Å². The zero-order valence-corrected chi connectivity index (χ0v) is 17.9. The van der Waals surface area contributed by atoms with Gasteiger partial charge in [0.2, 0.25) is 0 Å². The maximum atomic E-state index is 12.7. The van der Waals surface area contributed by atoms with Crippen LogP contribution < -0.4 is 15.6 Å². The summed E-state index contributed by atoms with van der Waals surface area (Å²) in [4.78, 5) is 27.3. The van der Waals surface area contributed by atoms with E-state index >= 15 is 0 Å². The van der Waals surface area contributed by atoms with Gasteiger partial charge in [0.05, 0.1) is 6.26 Å². The van der Waals surface area contributed by atoms with Crippen molar-refractivity contribution in [3.63, 3.8) is 0 Å². The Bertz CT molecular complexity index is 1110. The molecule has 0 aliphatic carbocycles. The van der Waals surface area contributed by atoms with E-state index in [-0.39, 0.29) is 5.70 Å². The Labute approximate surface area is 186 Å². The average molecular weight is 428 g/mol. The normalized spacial score (nSPS) is 11.6. The third kappa shape index (κ3) is 6.56. The van der Waals surface area contributed by atoms with Crippen LogP contribution in [0, 0.1) is 0 Å². The molecule has 0 spiro atoms. The van der Waals surface area contributed by atoms with Crippen molar-refractivity contribution in [2.45, 2.75) is 0 Å². The number of nitrogens with one attached hydrogen (secondary N) is 2. The first kappa shape index (κ1) is 22.3. The van der Waals surface area contributed by atoms with E-state index in [2.05, 4.69) is 15.8 Å². The quantitative estimate of drug-likeness (QED) is 0.323. The average Bonchev–Trinajstić information content (AvgIpc) is 3.32. The number of rotatable bonds is 8. The molecular weight excluding hydrogens is 404 g/mol. The molecule has 2 N–H and O–H groups in total. The third-order valence-corrected chi connectivity index (χ3v) is 4.38. The Morgan fingerprint density at radius 1 is 0.969 bits per heavy atom. The maximum Gasteiger partial charge on any atom is 0.287 e. The van der Waals surface area contributed by atoms with Crippen molar-refractivity contribution in [3.8, 4) is 0 Å². The van der Waals surface area contributed by atoms with Gasteiger partial charge in [-0.25, -0.2) is 5.43 Å². The van der Waals surface area contributed by atoms with Crippen LogP contribution in [0.1, 0.15) is 21.7 Å². The van der Waals surface area contributed by atoms with E-state index in [4.69, 9.17) is 4.42 Å². The summed E-state index contributed by atoms with van der Waals surface area (Å²) < 4.78 is 5.18. The minimum Gasteiger partial charge on any atom is -0.465 e. The van der Waals surface area contributed by atoms with Gasteiger partial charge in [-0.2, -0.15) is 5.10 Å². The van der Waals surface area contributed by atoms with Gasteiger partial charge in [-0.15, -0.1) is 0 Å². The first-order valence-electron chi connectivity index (χ1n) is 9.92. The highest BCUT2D eigenvalue weighted by molar-refractivity contribution is 6.05. The van der Waals surface area contributed by atoms with E-state index in [0.29, 0.717) is 11.3 Å². The van der Waals surface area contributed by atoms with E-state index in [1.807, 2.05) is 49.3 Å². The smallest absolute Gasteiger partial charge is 0.287 e. The third-order valence-electron chi connectivity index (χ3n) is 4.38. The Morgan fingerprint density at radius 3 is 2.38 bits per heavy atom. The number of carbonyl (C=O) groups excluding carboxylic acids is 2. The van der Waals surface area contributed by atoms with Crippen LogP contribution in [0.5, 0.6) is 0 Å². The van der Waals surface area contributed by atoms with Gasteiger partial charge in [0.15, 0.2) is 0 Å².